The summed E-state index contributed by atoms with van der Waals surface area (Å²) in [5.74, 6) is 7.02. The average molecular weight is 266 g/mol. The zero-order valence-electron chi connectivity index (χ0n) is 11.5. The van der Waals surface area contributed by atoms with Gasteiger partial charge in [-0.1, -0.05) is 19.8 Å². The van der Waals surface area contributed by atoms with Crippen molar-refractivity contribution in [3.05, 3.63) is 0 Å². The van der Waals surface area contributed by atoms with Crippen LogP contribution in [0.5, 0.6) is 6.01 Å². The molecule has 0 spiro atoms. The smallest absolute Gasteiger partial charge is 0.323 e. The Bertz CT molecular complexity index is 409. The predicted molar refractivity (Wildman–Crippen MR) is 73.8 cm³/mol. The summed E-state index contributed by atoms with van der Waals surface area (Å²) in [6.07, 6.45) is 4.72. The molecule has 1 aliphatic carbocycles. The number of nitrogen functional groups attached to an aromatic ring is 1. The molecule has 106 valence electrons. The van der Waals surface area contributed by atoms with Gasteiger partial charge in [-0.15, -0.1) is 0 Å². The number of nitrogens with two attached hydrogens (primary N) is 1. The van der Waals surface area contributed by atoms with Gasteiger partial charge in [-0.2, -0.15) is 15.0 Å². The van der Waals surface area contributed by atoms with E-state index in [9.17, 15) is 0 Å². The molecule has 7 heteroatoms. The molecular formula is C12H22N6O. The lowest BCUT2D eigenvalue weighted by Gasteiger charge is -2.14. The number of hydrazine groups is 1. The summed E-state index contributed by atoms with van der Waals surface area (Å²) in [6, 6.07) is 0.630. The maximum absolute atomic E-state index is 5.42. The minimum absolute atomic E-state index is 0.297. The summed E-state index contributed by atoms with van der Waals surface area (Å²) in [5.41, 5.74) is 2.43. The van der Waals surface area contributed by atoms with Gasteiger partial charge >= 0.3 is 6.01 Å². The van der Waals surface area contributed by atoms with Crippen molar-refractivity contribution >= 4 is 11.9 Å². The predicted octanol–water partition coefficient (Wildman–Crippen LogP) is 1.55. The van der Waals surface area contributed by atoms with Crippen LogP contribution < -0.4 is 21.3 Å². The van der Waals surface area contributed by atoms with Crippen molar-refractivity contribution in [2.75, 3.05) is 17.3 Å². The molecule has 0 aliphatic heterocycles. The molecule has 4 N–H and O–H groups in total. The van der Waals surface area contributed by atoms with E-state index >= 15 is 0 Å². The van der Waals surface area contributed by atoms with Gasteiger partial charge in [0, 0.05) is 6.04 Å². The third-order valence-electron chi connectivity index (χ3n) is 2.94. The lowest BCUT2D eigenvalue weighted by Crippen LogP contribution is -2.20. The third-order valence-corrected chi connectivity index (χ3v) is 2.94. The second-order valence-corrected chi connectivity index (χ2v) is 4.98. The standard InChI is InChI=1S/C12H22N6O/c1-3-6-19-12-16-10(15-11(17-12)18-13)14-8(2)7-9-4-5-9/h8-9H,3-7,13H2,1-2H3,(H2,14,15,16,17,18). The maximum Gasteiger partial charge on any atom is 0.323 e. The van der Waals surface area contributed by atoms with E-state index in [1.807, 2.05) is 6.92 Å². The van der Waals surface area contributed by atoms with Gasteiger partial charge in [0.25, 0.3) is 0 Å². The Kier molecular flexibility index (Phi) is 4.73. The van der Waals surface area contributed by atoms with Crippen LogP contribution in [0.1, 0.15) is 39.5 Å². The van der Waals surface area contributed by atoms with Gasteiger partial charge in [0.1, 0.15) is 0 Å². The third kappa shape index (κ3) is 4.51. The second kappa shape index (κ2) is 6.51. The first-order valence-electron chi connectivity index (χ1n) is 6.83. The normalized spacial score (nSPS) is 15.9. The van der Waals surface area contributed by atoms with E-state index in [0.717, 1.165) is 18.8 Å². The first-order chi connectivity index (χ1) is 9.21. The fraction of sp³-hybridized carbons (Fsp3) is 0.750. The van der Waals surface area contributed by atoms with Gasteiger partial charge in [-0.3, -0.25) is 5.43 Å². The largest absolute Gasteiger partial charge is 0.463 e. The molecule has 1 unspecified atom stereocenters. The Balaban J connectivity index is 2.00. The molecule has 1 atom stereocenters. The summed E-state index contributed by atoms with van der Waals surface area (Å²) in [6.45, 7) is 4.73. The van der Waals surface area contributed by atoms with Crippen LogP contribution in [-0.2, 0) is 0 Å². The minimum atomic E-state index is 0.297. The molecule has 1 aromatic heterocycles. The van der Waals surface area contributed by atoms with Crippen LogP contribution in [0.4, 0.5) is 11.9 Å². The van der Waals surface area contributed by atoms with E-state index in [-0.39, 0.29) is 0 Å². The molecule has 0 amide bonds. The van der Waals surface area contributed by atoms with Crippen molar-refractivity contribution in [2.24, 2.45) is 11.8 Å². The number of hydrogen-bond donors (Lipinski definition) is 3. The molecule has 1 fully saturated rings. The quantitative estimate of drug-likeness (QED) is 0.485. The van der Waals surface area contributed by atoms with Crippen molar-refractivity contribution < 1.29 is 4.74 Å². The summed E-state index contributed by atoms with van der Waals surface area (Å²) in [7, 11) is 0. The van der Waals surface area contributed by atoms with E-state index in [1.54, 1.807) is 0 Å². The number of anilines is 2. The number of nitrogens with zero attached hydrogens (tertiary/aromatic N) is 3. The molecule has 1 aromatic rings. The van der Waals surface area contributed by atoms with E-state index < -0.39 is 0 Å². The van der Waals surface area contributed by atoms with Gasteiger partial charge in [0.2, 0.25) is 11.9 Å². The Labute approximate surface area is 113 Å². The molecule has 1 heterocycles. The molecule has 1 saturated carbocycles. The number of aromatic nitrogens is 3. The van der Waals surface area contributed by atoms with Crippen LogP contribution >= 0.6 is 0 Å². The lowest BCUT2D eigenvalue weighted by atomic mass is 10.2. The van der Waals surface area contributed by atoms with Gasteiger partial charge < -0.3 is 10.1 Å². The monoisotopic (exact) mass is 266 g/mol. The van der Waals surface area contributed by atoms with Crippen molar-refractivity contribution in [1.82, 2.24) is 15.0 Å². The Morgan fingerprint density at radius 2 is 2.05 bits per heavy atom. The first kappa shape index (κ1) is 13.8. The molecule has 2 rings (SSSR count). The summed E-state index contributed by atoms with van der Waals surface area (Å²) < 4.78 is 5.42. The highest BCUT2D eigenvalue weighted by molar-refractivity contribution is 5.35. The van der Waals surface area contributed by atoms with Crippen molar-refractivity contribution in [3.8, 4) is 6.01 Å². The summed E-state index contributed by atoms with van der Waals surface area (Å²) in [5, 5.41) is 3.27. The average Bonchev–Trinajstić information content (AvgIpc) is 3.19. The van der Waals surface area contributed by atoms with E-state index in [0.29, 0.717) is 30.6 Å². The number of hydrogen-bond acceptors (Lipinski definition) is 7. The summed E-state index contributed by atoms with van der Waals surface area (Å²) >= 11 is 0. The highest BCUT2D eigenvalue weighted by Gasteiger charge is 2.24. The van der Waals surface area contributed by atoms with Crippen molar-refractivity contribution in [1.29, 1.82) is 0 Å². The highest BCUT2D eigenvalue weighted by Crippen LogP contribution is 2.33. The van der Waals surface area contributed by atoms with Crippen LogP contribution in [0.3, 0.4) is 0 Å². The molecular weight excluding hydrogens is 244 g/mol. The number of nitrogens with one attached hydrogen (secondary N) is 2. The minimum Gasteiger partial charge on any atom is -0.463 e. The van der Waals surface area contributed by atoms with Crippen LogP contribution in [0, 0.1) is 5.92 Å². The van der Waals surface area contributed by atoms with Gasteiger partial charge in [-0.05, 0) is 25.7 Å². The lowest BCUT2D eigenvalue weighted by molar-refractivity contribution is 0.292. The SMILES string of the molecule is CCCOc1nc(NN)nc(NC(C)CC2CC2)n1. The molecule has 19 heavy (non-hydrogen) atoms. The fourth-order valence-electron chi connectivity index (χ4n) is 1.88. The molecule has 7 nitrogen and oxygen atoms in total. The second-order valence-electron chi connectivity index (χ2n) is 4.98. The van der Waals surface area contributed by atoms with Gasteiger partial charge in [-0.25, -0.2) is 5.84 Å². The van der Waals surface area contributed by atoms with E-state index in [4.69, 9.17) is 10.6 Å². The highest BCUT2D eigenvalue weighted by atomic mass is 16.5. The van der Waals surface area contributed by atoms with Crippen LogP contribution in [0.25, 0.3) is 0 Å². The van der Waals surface area contributed by atoms with Gasteiger partial charge in [0.05, 0.1) is 6.61 Å². The molecule has 0 aromatic carbocycles. The molecule has 0 saturated heterocycles. The van der Waals surface area contributed by atoms with Crippen molar-refractivity contribution in [2.45, 2.75) is 45.6 Å². The number of rotatable bonds is 8. The van der Waals surface area contributed by atoms with E-state index in [2.05, 4.69) is 32.6 Å². The van der Waals surface area contributed by atoms with Crippen LogP contribution in [-0.4, -0.2) is 27.6 Å². The Morgan fingerprint density at radius 1 is 1.32 bits per heavy atom. The molecule has 1 aliphatic rings. The van der Waals surface area contributed by atoms with Crippen molar-refractivity contribution in [3.63, 3.8) is 0 Å². The first-order valence-corrected chi connectivity index (χ1v) is 6.83. The maximum atomic E-state index is 5.42. The summed E-state index contributed by atoms with van der Waals surface area (Å²) in [4.78, 5) is 12.5. The number of ether oxygens (including phenoxy) is 1. The fourth-order valence-corrected chi connectivity index (χ4v) is 1.88. The van der Waals surface area contributed by atoms with Crippen LogP contribution in [0.15, 0.2) is 0 Å². The van der Waals surface area contributed by atoms with Gasteiger partial charge in [0.15, 0.2) is 0 Å². The Morgan fingerprint density at radius 3 is 2.68 bits per heavy atom. The van der Waals surface area contributed by atoms with Crippen LogP contribution in [0.2, 0.25) is 0 Å². The topological polar surface area (TPSA) is 98.0 Å². The molecule has 0 radical (unpaired) electrons. The zero-order chi connectivity index (χ0) is 13.7. The Hall–Kier alpha value is -1.63. The zero-order valence-corrected chi connectivity index (χ0v) is 11.5. The van der Waals surface area contributed by atoms with E-state index in [1.165, 1.54) is 12.8 Å². The molecule has 0 bridgehead atoms.